The van der Waals surface area contributed by atoms with Crippen molar-refractivity contribution in [1.29, 1.82) is 0 Å². The summed E-state index contributed by atoms with van der Waals surface area (Å²) in [7, 11) is 0. The molecule has 3 rings (SSSR count). The van der Waals surface area contributed by atoms with Gasteiger partial charge in [0.15, 0.2) is 0 Å². The van der Waals surface area contributed by atoms with Gasteiger partial charge in [0.1, 0.15) is 5.54 Å². The normalized spacial score (nSPS) is 35.5. The zero-order valence-electron chi connectivity index (χ0n) is 11.3. The van der Waals surface area contributed by atoms with Gasteiger partial charge in [-0.25, -0.2) is 4.79 Å². The lowest BCUT2D eigenvalue weighted by Crippen LogP contribution is -2.53. The summed E-state index contributed by atoms with van der Waals surface area (Å²) >= 11 is 1.93. The van der Waals surface area contributed by atoms with Crippen LogP contribution in [0.4, 0.5) is 4.79 Å². The molecule has 3 amide bonds. The minimum absolute atomic E-state index is 0.132. The maximum atomic E-state index is 12.0. The minimum atomic E-state index is -0.639. The number of amides is 3. The molecule has 2 aliphatic carbocycles. The van der Waals surface area contributed by atoms with Crippen molar-refractivity contribution in [2.45, 2.75) is 42.4 Å². The third-order valence-electron chi connectivity index (χ3n) is 4.87. The monoisotopic (exact) mass is 283 g/mol. The van der Waals surface area contributed by atoms with Crippen molar-refractivity contribution in [3.05, 3.63) is 0 Å². The highest BCUT2D eigenvalue weighted by Gasteiger charge is 2.54. The van der Waals surface area contributed by atoms with Crippen LogP contribution in [0.25, 0.3) is 0 Å². The molecule has 5 nitrogen and oxygen atoms in total. The van der Waals surface area contributed by atoms with Gasteiger partial charge < -0.3 is 10.6 Å². The van der Waals surface area contributed by atoms with E-state index in [4.69, 9.17) is 0 Å². The molecule has 0 bridgehead atoms. The molecule has 0 aromatic heterocycles. The number of urea groups is 1. The molecule has 3 fully saturated rings. The van der Waals surface area contributed by atoms with E-state index in [2.05, 4.69) is 22.2 Å². The predicted molar refractivity (Wildman–Crippen MR) is 75.1 cm³/mol. The van der Waals surface area contributed by atoms with E-state index in [0.717, 1.165) is 32.4 Å². The molecular formula is C13H21N3O2S. The maximum absolute atomic E-state index is 12.0. The fraction of sp³-hybridized carbons (Fsp3) is 0.846. The molecule has 1 saturated heterocycles. The molecule has 1 spiro atoms. The number of hydrogen-bond donors (Lipinski definition) is 3. The Kier molecular flexibility index (Phi) is 3.25. The first-order valence-electron chi connectivity index (χ1n) is 7.00. The first-order chi connectivity index (χ1) is 9.10. The van der Waals surface area contributed by atoms with Gasteiger partial charge in [0, 0.05) is 23.8 Å². The molecule has 2 atom stereocenters. The van der Waals surface area contributed by atoms with Crippen molar-refractivity contribution >= 4 is 23.7 Å². The third kappa shape index (κ3) is 2.25. The van der Waals surface area contributed by atoms with Gasteiger partial charge >= 0.3 is 6.03 Å². The van der Waals surface area contributed by atoms with E-state index in [1.807, 2.05) is 11.8 Å². The van der Waals surface area contributed by atoms with Gasteiger partial charge in [0.25, 0.3) is 5.91 Å². The lowest BCUT2D eigenvalue weighted by atomic mass is 9.87. The molecule has 106 valence electrons. The average molecular weight is 283 g/mol. The molecule has 2 unspecified atom stereocenters. The Labute approximate surface area is 117 Å². The summed E-state index contributed by atoms with van der Waals surface area (Å²) in [6.07, 6.45) is 7.52. The zero-order valence-corrected chi connectivity index (χ0v) is 12.1. The van der Waals surface area contributed by atoms with Crippen molar-refractivity contribution in [2.24, 2.45) is 5.92 Å². The smallest absolute Gasteiger partial charge is 0.322 e. The molecule has 3 N–H and O–H groups in total. The summed E-state index contributed by atoms with van der Waals surface area (Å²) in [6, 6.07) is -0.334. The van der Waals surface area contributed by atoms with Crippen molar-refractivity contribution in [1.82, 2.24) is 16.0 Å². The molecule has 6 heteroatoms. The quantitative estimate of drug-likeness (QED) is 0.654. The minimum Gasteiger partial charge on any atom is -0.323 e. The van der Waals surface area contributed by atoms with Crippen molar-refractivity contribution in [3.8, 4) is 0 Å². The lowest BCUT2D eigenvalue weighted by molar-refractivity contribution is -0.125. The zero-order chi connectivity index (χ0) is 13.5. The summed E-state index contributed by atoms with van der Waals surface area (Å²) in [5.41, 5.74) is -0.639. The van der Waals surface area contributed by atoms with Crippen LogP contribution >= 0.6 is 11.8 Å². The number of hydrogen-bond acceptors (Lipinski definition) is 4. The van der Waals surface area contributed by atoms with Crippen LogP contribution in [0.1, 0.15) is 32.1 Å². The fourth-order valence-corrected chi connectivity index (χ4v) is 4.15. The van der Waals surface area contributed by atoms with E-state index in [0.29, 0.717) is 4.75 Å². The van der Waals surface area contributed by atoms with E-state index in [-0.39, 0.29) is 17.9 Å². The standard InChI is InChI=1S/C13H21N3O2S/c1-19-12(5-6-12)8-14-7-9-3-2-4-13(9)10(17)15-11(18)16-13/h9,14H,2-8H2,1H3,(H2,15,16,17,18). The van der Waals surface area contributed by atoms with Crippen LogP contribution in [0.3, 0.4) is 0 Å². The van der Waals surface area contributed by atoms with Crippen LogP contribution in [-0.2, 0) is 4.79 Å². The van der Waals surface area contributed by atoms with Crippen LogP contribution in [0.5, 0.6) is 0 Å². The fourth-order valence-electron chi connectivity index (χ4n) is 3.39. The Morgan fingerprint density at radius 1 is 1.37 bits per heavy atom. The summed E-state index contributed by atoms with van der Waals surface area (Å²) in [5.74, 6) is 0.0874. The topological polar surface area (TPSA) is 70.2 Å². The van der Waals surface area contributed by atoms with Crippen molar-refractivity contribution < 1.29 is 9.59 Å². The van der Waals surface area contributed by atoms with E-state index < -0.39 is 5.54 Å². The maximum Gasteiger partial charge on any atom is 0.322 e. The van der Waals surface area contributed by atoms with Crippen LogP contribution in [0, 0.1) is 5.92 Å². The Morgan fingerprint density at radius 2 is 2.16 bits per heavy atom. The number of thioether (sulfide) groups is 1. The number of rotatable bonds is 5. The number of imide groups is 1. The van der Waals surface area contributed by atoms with Gasteiger partial charge in [-0.15, -0.1) is 0 Å². The Balaban J connectivity index is 1.58. The summed E-state index contributed by atoms with van der Waals surface area (Å²) in [5, 5.41) is 8.77. The Bertz CT molecular complexity index is 411. The van der Waals surface area contributed by atoms with Gasteiger partial charge in [-0.1, -0.05) is 6.42 Å². The van der Waals surface area contributed by atoms with Gasteiger partial charge in [-0.2, -0.15) is 11.8 Å². The van der Waals surface area contributed by atoms with E-state index in [9.17, 15) is 9.59 Å². The molecule has 2 saturated carbocycles. The first kappa shape index (κ1) is 13.2. The molecule has 1 aliphatic heterocycles. The van der Waals surface area contributed by atoms with Crippen LogP contribution < -0.4 is 16.0 Å². The van der Waals surface area contributed by atoms with Crippen LogP contribution in [0.15, 0.2) is 0 Å². The highest BCUT2D eigenvalue weighted by molar-refractivity contribution is 8.00. The largest absolute Gasteiger partial charge is 0.323 e. The highest BCUT2D eigenvalue weighted by atomic mass is 32.2. The second-order valence-corrected chi connectivity index (χ2v) is 7.26. The summed E-state index contributed by atoms with van der Waals surface area (Å²) in [6.45, 7) is 1.83. The lowest BCUT2D eigenvalue weighted by Gasteiger charge is -2.28. The Hall–Kier alpha value is -0.750. The van der Waals surface area contributed by atoms with E-state index in [1.165, 1.54) is 12.8 Å². The molecule has 0 aromatic carbocycles. The number of carbonyl (C=O) groups is 2. The van der Waals surface area contributed by atoms with Gasteiger partial charge in [-0.05, 0) is 31.9 Å². The number of nitrogens with one attached hydrogen (secondary N) is 3. The van der Waals surface area contributed by atoms with Crippen LogP contribution in [0.2, 0.25) is 0 Å². The summed E-state index contributed by atoms with van der Waals surface area (Å²) < 4.78 is 0.437. The van der Waals surface area contributed by atoms with Gasteiger partial charge in [0.2, 0.25) is 0 Å². The summed E-state index contributed by atoms with van der Waals surface area (Å²) in [4.78, 5) is 23.4. The van der Waals surface area contributed by atoms with Crippen LogP contribution in [-0.4, -0.2) is 41.6 Å². The molecule has 0 aromatic rings. The molecule has 0 radical (unpaired) electrons. The predicted octanol–water partition coefficient (Wildman–Crippen LogP) is 0.850. The average Bonchev–Trinajstić information content (AvgIpc) is 2.96. The molecule has 1 heterocycles. The molecule has 3 aliphatic rings. The number of carbonyl (C=O) groups excluding carboxylic acids is 2. The van der Waals surface area contributed by atoms with E-state index in [1.54, 1.807) is 0 Å². The van der Waals surface area contributed by atoms with E-state index >= 15 is 0 Å². The second-order valence-electron chi connectivity index (χ2n) is 5.99. The van der Waals surface area contributed by atoms with Gasteiger partial charge in [-0.3, -0.25) is 10.1 Å². The molecule has 19 heavy (non-hydrogen) atoms. The first-order valence-corrected chi connectivity index (χ1v) is 8.22. The highest BCUT2D eigenvalue weighted by Crippen LogP contribution is 2.46. The SMILES string of the molecule is CSC1(CNCC2CCCC23NC(=O)NC3=O)CC1. The Morgan fingerprint density at radius 3 is 2.74 bits per heavy atom. The second kappa shape index (κ2) is 4.66. The van der Waals surface area contributed by atoms with Crippen molar-refractivity contribution in [2.75, 3.05) is 19.3 Å². The molecular weight excluding hydrogens is 262 g/mol. The van der Waals surface area contributed by atoms with Gasteiger partial charge in [0.05, 0.1) is 0 Å². The van der Waals surface area contributed by atoms with Crippen molar-refractivity contribution in [3.63, 3.8) is 0 Å². The third-order valence-corrected chi connectivity index (χ3v) is 6.29.